The molecule has 0 saturated carbocycles. The van der Waals surface area contributed by atoms with E-state index >= 15 is 0 Å². The summed E-state index contributed by atoms with van der Waals surface area (Å²) in [5, 5.41) is 0. The second-order valence-electron chi connectivity index (χ2n) is 9.81. The first-order valence-corrected chi connectivity index (χ1v) is 12.7. The molecule has 0 bridgehead atoms. The highest BCUT2D eigenvalue weighted by Gasteiger charge is 2.28. The normalized spacial score (nSPS) is 16.3. The van der Waals surface area contributed by atoms with Crippen molar-refractivity contribution in [3.05, 3.63) is 23.3 Å². The van der Waals surface area contributed by atoms with Crippen molar-refractivity contribution in [2.45, 2.75) is 124 Å². The first-order chi connectivity index (χ1) is 13.6. The molecule has 0 aromatic carbocycles. The van der Waals surface area contributed by atoms with Gasteiger partial charge in [0.2, 0.25) is 0 Å². The number of rotatable bonds is 16. The molecule has 0 unspecified atom stereocenters. The van der Waals surface area contributed by atoms with Crippen LogP contribution in [0.5, 0.6) is 0 Å². The second-order valence-corrected chi connectivity index (χ2v) is 9.81. The van der Waals surface area contributed by atoms with E-state index in [1.807, 2.05) is 0 Å². The number of nitrogens with zero attached hydrogens (tertiary/aromatic N) is 1. The maximum atomic E-state index is 2.58. The SMILES string of the molecule is CCCCCCCCCCCC[N+]1(C/C=C(\C)CCC=C(C)C)CCCCC1.[Cl-]. The molecule has 2 heteroatoms. The summed E-state index contributed by atoms with van der Waals surface area (Å²) in [6.07, 6.45) is 26.3. The van der Waals surface area contributed by atoms with Gasteiger partial charge in [-0.3, -0.25) is 0 Å². The zero-order valence-electron chi connectivity index (χ0n) is 20.4. The molecule has 0 aliphatic carbocycles. The molecule has 0 amide bonds. The highest BCUT2D eigenvalue weighted by atomic mass is 35.5. The Balaban J connectivity index is 0.00000784. The minimum Gasteiger partial charge on any atom is -1.00 e. The van der Waals surface area contributed by atoms with E-state index in [1.165, 1.54) is 133 Å². The van der Waals surface area contributed by atoms with Crippen LogP contribution in [0.15, 0.2) is 23.3 Å². The average molecular weight is 426 g/mol. The molecule has 1 aliphatic rings. The Hall–Kier alpha value is -0.270. The van der Waals surface area contributed by atoms with Crippen molar-refractivity contribution in [1.82, 2.24) is 0 Å². The number of hydrogen-bond donors (Lipinski definition) is 0. The summed E-state index contributed by atoms with van der Waals surface area (Å²) in [4.78, 5) is 0. The van der Waals surface area contributed by atoms with Crippen molar-refractivity contribution in [1.29, 1.82) is 0 Å². The van der Waals surface area contributed by atoms with Crippen LogP contribution in [-0.4, -0.2) is 30.7 Å². The van der Waals surface area contributed by atoms with E-state index < -0.39 is 0 Å². The summed E-state index contributed by atoms with van der Waals surface area (Å²) in [6.45, 7) is 14.6. The van der Waals surface area contributed by atoms with Gasteiger partial charge in [0.05, 0.1) is 26.2 Å². The standard InChI is InChI=1S/C27H52N.ClH/c1-5-6-7-8-9-10-11-12-13-15-22-28(23-16-14-17-24-28)25-21-27(4)20-18-19-26(2)3;/h19,21H,5-18,20,22-25H2,1-4H3;1H/q+1;/p-1/b27-21+;. The van der Waals surface area contributed by atoms with Gasteiger partial charge >= 0.3 is 0 Å². The number of allylic oxidation sites excluding steroid dienone is 3. The van der Waals surface area contributed by atoms with Gasteiger partial charge in [-0.05, 0) is 71.8 Å². The maximum Gasteiger partial charge on any atom is 0.0976 e. The van der Waals surface area contributed by atoms with Crippen LogP contribution < -0.4 is 12.4 Å². The summed E-state index contributed by atoms with van der Waals surface area (Å²) in [7, 11) is 0. The number of quaternary nitrogens is 1. The van der Waals surface area contributed by atoms with E-state index in [0.717, 1.165) is 0 Å². The summed E-state index contributed by atoms with van der Waals surface area (Å²) < 4.78 is 1.39. The molecular weight excluding hydrogens is 374 g/mol. The van der Waals surface area contributed by atoms with Crippen molar-refractivity contribution >= 4 is 0 Å². The Labute approximate surface area is 190 Å². The predicted molar refractivity (Wildman–Crippen MR) is 128 cm³/mol. The van der Waals surface area contributed by atoms with E-state index in [9.17, 15) is 0 Å². The molecule has 1 aliphatic heterocycles. The van der Waals surface area contributed by atoms with Gasteiger partial charge in [0.1, 0.15) is 0 Å². The lowest BCUT2D eigenvalue weighted by Crippen LogP contribution is -3.00. The third-order valence-corrected chi connectivity index (χ3v) is 6.67. The molecule has 172 valence electrons. The maximum absolute atomic E-state index is 2.58. The van der Waals surface area contributed by atoms with E-state index in [1.54, 1.807) is 5.57 Å². The van der Waals surface area contributed by atoms with Gasteiger partial charge in [-0.2, -0.15) is 0 Å². The lowest BCUT2D eigenvalue weighted by Gasteiger charge is -2.41. The van der Waals surface area contributed by atoms with Gasteiger partial charge in [-0.25, -0.2) is 0 Å². The van der Waals surface area contributed by atoms with E-state index in [0.29, 0.717) is 0 Å². The van der Waals surface area contributed by atoms with Crippen molar-refractivity contribution < 1.29 is 16.9 Å². The molecule has 0 N–H and O–H groups in total. The Morgan fingerprint density at radius 1 is 0.724 bits per heavy atom. The summed E-state index contributed by atoms with van der Waals surface area (Å²) in [6, 6.07) is 0. The number of likely N-dealkylation sites (tertiary alicyclic amines) is 1. The van der Waals surface area contributed by atoms with Gasteiger partial charge in [0.15, 0.2) is 0 Å². The van der Waals surface area contributed by atoms with Gasteiger partial charge in [0.25, 0.3) is 0 Å². The summed E-state index contributed by atoms with van der Waals surface area (Å²) >= 11 is 0. The molecule has 1 nitrogen and oxygen atoms in total. The lowest BCUT2D eigenvalue weighted by atomic mass is 10.0. The molecule has 0 spiro atoms. The fourth-order valence-corrected chi connectivity index (χ4v) is 4.66. The molecule has 0 atom stereocenters. The Morgan fingerprint density at radius 2 is 1.28 bits per heavy atom. The third-order valence-electron chi connectivity index (χ3n) is 6.67. The van der Waals surface area contributed by atoms with Crippen molar-refractivity contribution in [3.8, 4) is 0 Å². The molecule has 1 heterocycles. The van der Waals surface area contributed by atoms with Gasteiger partial charge < -0.3 is 16.9 Å². The zero-order chi connectivity index (χ0) is 20.5. The minimum absolute atomic E-state index is 0. The van der Waals surface area contributed by atoms with Crippen molar-refractivity contribution in [2.24, 2.45) is 0 Å². The summed E-state index contributed by atoms with van der Waals surface area (Å²) in [5.74, 6) is 0. The van der Waals surface area contributed by atoms with E-state index in [-0.39, 0.29) is 12.4 Å². The van der Waals surface area contributed by atoms with Crippen LogP contribution >= 0.6 is 0 Å². The van der Waals surface area contributed by atoms with Crippen LogP contribution in [-0.2, 0) is 0 Å². The van der Waals surface area contributed by atoms with E-state index in [2.05, 4.69) is 39.8 Å². The van der Waals surface area contributed by atoms with Crippen LogP contribution in [0.25, 0.3) is 0 Å². The monoisotopic (exact) mass is 425 g/mol. The van der Waals surface area contributed by atoms with Gasteiger partial charge in [-0.1, -0.05) is 75.5 Å². The topological polar surface area (TPSA) is 0 Å². The van der Waals surface area contributed by atoms with Crippen LogP contribution in [0, 0.1) is 0 Å². The van der Waals surface area contributed by atoms with Crippen LogP contribution in [0.2, 0.25) is 0 Å². The highest BCUT2D eigenvalue weighted by Crippen LogP contribution is 2.22. The predicted octanol–water partition coefficient (Wildman–Crippen LogP) is 5.60. The van der Waals surface area contributed by atoms with Crippen LogP contribution in [0.3, 0.4) is 0 Å². The Morgan fingerprint density at radius 3 is 1.83 bits per heavy atom. The van der Waals surface area contributed by atoms with Crippen molar-refractivity contribution in [2.75, 3.05) is 26.2 Å². The first kappa shape index (κ1) is 28.7. The Kier molecular flexibility index (Phi) is 18.3. The molecule has 0 radical (unpaired) electrons. The minimum atomic E-state index is 0. The molecule has 1 rings (SSSR count). The highest BCUT2D eigenvalue weighted by molar-refractivity contribution is 5.02. The van der Waals surface area contributed by atoms with Crippen molar-refractivity contribution in [3.63, 3.8) is 0 Å². The number of halogens is 1. The number of hydrogen-bond acceptors (Lipinski definition) is 0. The van der Waals surface area contributed by atoms with Crippen LogP contribution in [0.4, 0.5) is 0 Å². The smallest absolute Gasteiger partial charge is 0.0976 e. The summed E-state index contributed by atoms with van der Waals surface area (Å²) in [5.41, 5.74) is 3.05. The second kappa shape index (κ2) is 18.5. The number of unbranched alkanes of at least 4 members (excludes halogenated alkanes) is 9. The molecule has 29 heavy (non-hydrogen) atoms. The average Bonchev–Trinajstić information content (AvgIpc) is 2.68. The zero-order valence-corrected chi connectivity index (χ0v) is 21.2. The molecular formula is C27H52ClN. The largest absolute Gasteiger partial charge is 1.00 e. The van der Waals surface area contributed by atoms with Gasteiger partial charge in [0, 0.05) is 0 Å². The molecule has 1 fully saturated rings. The molecule has 1 saturated heterocycles. The fourth-order valence-electron chi connectivity index (χ4n) is 4.66. The number of piperidine rings is 1. The van der Waals surface area contributed by atoms with Gasteiger partial charge in [-0.15, -0.1) is 0 Å². The van der Waals surface area contributed by atoms with Crippen LogP contribution in [0.1, 0.15) is 124 Å². The molecule has 0 aromatic heterocycles. The molecule has 0 aromatic rings. The van der Waals surface area contributed by atoms with E-state index in [4.69, 9.17) is 0 Å². The third kappa shape index (κ3) is 15.2. The quantitative estimate of drug-likeness (QED) is 0.171. The lowest BCUT2D eigenvalue weighted by molar-refractivity contribution is -0.927. The Bertz CT molecular complexity index is 428. The first-order valence-electron chi connectivity index (χ1n) is 12.7. The fraction of sp³-hybridized carbons (Fsp3) is 0.852.